The number of nitrogens with one attached hydrogen (secondary N) is 1. The molecule has 0 aliphatic rings. The number of nitrogen functional groups attached to an aromatic ring is 1. The molecule has 1 amide bonds. The molecular weight excluding hydrogens is 284 g/mol. The molecule has 0 aliphatic carbocycles. The number of hydrogen-bond acceptors (Lipinski definition) is 4. The summed E-state index contributed by atoms with van der Waals surface area (Å²) in [5.74, 6) is -1.71. The van der Waals surface area contributed by atoms with Crippen molar-refractivity contribution >= 4 is 29.0 Å². The third-order valence-electron chi connectivity index (χ3n) is 2.31. The van der Waals surface area contributed by atoms with Crippen molar-refractivity contribution in [1.29, 1.82) is 0 Å². The lowest BCUT2D eigenvalue weighted by Crippen LogP contribution is -2.15. The van der Waals surface area contributed by atoms with Crippen LogP contribution in [0.2, 0.25) is 0 Å². The van der Waals surface area contributed by atoms with Gasteiger partial charge in [0.05, 0.1) is 28.4 Å². The molecule has 104 valence electrons. The fourth-order valence-corrected chi connectivity index (χ4v) is 2.04. The average molecular weight is 295 g/mol. The van der Waals surface area contributed by atoms with Crippen molar-refractivity contribution in [2.24, 2.45) is 0 Å². The SMILES string of the molecule is Nc1ccc(SCC(=O)Nc2cc(F)ccc2F)nc1. The van der Waals surface area contributed by atoms with Gasteiger partial charge in [-0.1, -0.05) is 11.8 Å². The molecule has 0 spiro atoms. The van der Waals surface area contributed by atoms with Gasteiger partial charge in [-0.3, -0.25) is 4.79 Å². The molecule has 2 rings (SSSR count). The second kappa shape index (κ2) is 6.33. The summed E-state index contributed by atoms with van der Waals surface area (Å²) >= 11 is 1.17. The van der Waals surface area contributed by atoms with Crippen LogP contribution in [0.25, 0.3) is 0 Å². The lowest BCUT2D eigenvalue weighted by molar-refractivity contribution is -0.113. The van der Waals surface area contributed by atoms with Gasteiger partial charge in [0.25, 0.3) is 0 Å². The fraction of sp³-hybridized carbons (Fsp3) is 0.0769. The van der Waals surface area contributed by atoms with Gasteiger partial charge in [-0.25, -0.2) is 13.8 Å². The molecule has 7 heteroatoms. The van der Waals surface area contributed by atoms with Gasteiger partial charge in [0, 0.05) is 6.07 Å². The average Bonchev–Trinajstić information content (AvgIpc) is 2.42. The Morgan fingerprint density at radius 1 is 1.30 bits per heavy atom. The van der Waals surface area contributed by atoms with E-state index in [2.05, 4.69) is 10.3 Å². The summed E-state index contributed by atoms with van der Waals surface area (Å²) in [6.07, 6.45) is 1.48. The van der Waals surface area contributed by atoms with E-state index in [1.54, 1.807) is 12.1 Å². The van der Waals surface area contributed by atoms with Gasteiger partial charge in [0.15, 0.2) is 0 Å². The largest absolute Gasteiger partial charge is 0.397 e. The fourth-order valence-electron chi connectivity index (χ4n) is 1.40. The van der Waals surface area contributed by atoms with E-state index in [0.29, 0.717) is 10.7 Å². The number of hydrogen-bond donors (Lipinski definition) is 2. The highest BCUT2D eigenvalue weighted by atomic mass is 32.2. The Morgan fingerprint density at radius 3 is 2.80 bits per heavy atom. The van der Waals surface area contributed by atoms with E-state index in [-0.39, 0.29) is 11.4 Å². The topological polar surface area (TPSA) is 68.0 Å². The molecule has 20 heavy (non-hydrogen) atoms. The smallest absolute Gasteiger partial charge is 0.234 e. The van der Waals surface area contributed by atoms with Crippen LogP contribution >= 0.6 is 11.8 Å². The summed E-state index contributed by atoms with van der Waals surface area (Å²) < 4.78 is 26.3. The van der Waals surface area contributed by atoms with Crippen LogP contribution in [0, 0.1) is 11.6 Å². The molecule has 0 saturated carbocycles. The van der Waals surface area contributed by atoms with E-state index in [9.17, 15) is 13.6 Å². The number of pyridine rings is 1. The van der Waals surface area contributed by atoms with Gasteiger partial charge in [0.2, 0.25) is 5.91 Å². The van der Waals surface area contributed by atoms with Crippen LogP contribution in [0.5, 0.6) is 0 Å². The number of nitrogens with two attached hydrogens (primary N) is 1. The van der Waals surface area contributed by atoms with Crippen molar-refractivity contribution < 1.29 is 13.6 Å². The third kappa shape index (κ3) is 3.92. The van der Waals surface area contributed by atoms with Crippen molar-refractivity contribution in [2.75, 3.05) is 16.8 Å². The molecule has 0 saturated heterocycles. The van der Waals surface area contributed by atoms with E-state index < -0.39 is 17.5 Å². The summed E-state index contributed by atoms with van der Waals surface area (Å²) in [4.78, 5) is 15.7. The number of aromatic nitrogens is 1. The number of amides is 1. The Morgan fingerprint density at radius 2 is 2.10 bits per heavy atom. The highest BCUT2D eigenvalue weighted by Gasteiger charge is 2.09. The number of carbonyl (C=O) groups is 1. The Kier molecular flexibility index (Phi) is 4.52. The van der Waals surface area contributed by atoms with Crippen LogP contribution in [-0.4, -0.2) is 16.6 Å². The van der Waals surface area contributed by atoms with Crippen molar-refractivity contribution in [3.8, 4) is 0 Å². The van der Waals surface area contributed by atoms with Crippen molar-refractivity contribution in [3.63, 3.8) is 0 Å². The molecule has 0 aliphatic heterocycles. The van der Waals surface area contributed by atoms with Crippen LogP contribution in [0.4, 0.5) is 20.2 Å². The normalized spacial score (nSPS) is 10.3. The van der Waals surface area contributed by atoms with Gasteiger partial charge >= 0.3 is 0 Å². The zero-order valence-corrected chi connectivity index (χ0v) is 11.1. The van der Waals surface area contributed by atoms with Gasteiger partial charge in [0.1, 0.15) is 11.6 Å². The molecular formula is C13H11F2N3OS. The highest BCUT2D eigenvalue weighted by molar-refractivity contribution is 7.99. The van der Waals surface area contributed by atoms with Crippen molar-refractivity contribution in [1.82, 2.24) is 4.98 Å². The van der Waals surface area contributed by atoms with Gasteiger partial charge in [-0.05, 0) is 24.3 Å². The molecule has 0 atom stereocenters. The first-order valence-electron chi connectivity index (χ1n) is 5.64. The molecule has 0 radical (unpaired) electrons. The zero-order chi connectivity index (χ0) is 14.5. The predicted molar refractivity (Wildman–Crippen MR) is 74.4 cm³/mol. The number of carbonyl (C=O) groups excluding carboxylic acids is 1. The zero-order valence-electron chi connectivity index (χ0n) is 10.3. The maximum atomic E-state index is 13.3. The summed E-state index contributed by atoms with van der Waals surface area (Å²) in [6, 6.07) is 6.21. The molecule has 1 aromatic heterocycles. The number of anilines is 2. The number of thioether (sulfide) groups is 1. The lowest BCUT2D eigenvalue weighted by Gasteiger charge is -2.06. The number of rotatable bonds is 4. The molecule has 2 aromatic rings. The standard InChI is InChI=1S/C13H11F2N3OS/c14-8-1-3-10(15)11(5-8)18-12(19)7-20-13-4-2-9(16)6-17-13/h1-6H,7,16H2,(H,18,19). The maximum Gasteiger partial charge on any atom is 0.234 e. The monoisotopic (exact) mass is 295 g/mol. The first-order chi connectivity index (χ1) is 9.54. The van der Waals surface area contributed by atoms with Crippen LogP contribution in [0.3, 0.4) is 0 Å². The lowest BCUT2D eigenvalue weighted by atomic mass is 10.3. The minimum absolute atomic E-state index is 0.0346. The summed E-state index contributed by atoms with van der Waals surface area (Å²) in [5, 5.41) is 2.92. The molecule has 0 bridgehead atoms. The van der Waals surface area contributed by atoms with Gasteiger partial charge in [-0.15, -0.1) is 0 Å². The third-order valence-corrected chi connectivity index (χ3v) is 3.26. The Hall–Kier alpha value is -2.15. The summed E-state index contributed by atoms with van der Waals surface area (Å²) in [7, 11) is 0. The van der Waals surface area contributed by atoms with Crippen LogP contribution in [0.1, 0.15) is 0 Å². The minimum Gasteiger partial charge on any atom is -0.397 e. The number of benzene rings is 1. The second-order valence-electron chi connectivity index (χ2n) is 3.89. The van der Waals surface area contributed by atoms with Crippen molar-refractivity contribution in [3.05, 3.63) is 48.2 Å². The first kappa shape index (κ1) is 14.3. The quantitative estimate of drug-likeness (QED) is 0.851. The predicted octanol–water partition coefficient (Wildman–Crippen LogP) is 2.67. The maximum absolute atomic E-state index is 13.3. The van der Waals surface area contributed by atoms with Crippen LogP contribution < -0.4 is 11.1 Å². The molecule has 3 N–H and O–H groups in total. The summed E-state index contributed by atoms with van der Waals surface area (Å²) in [5.41, 5.74) is 5.84. The van der Waals surface area contributed by atoms with E-state index in [4.69, 9.17) is 5.73 Å². The van der Waals surface area contributed by atoms with E-state index in [1.807, 2.05) is 0 Å². The summed E-state index contributed by atoms with van der Waals surface area (Å²) in [6.45, 7) is 0. The minimum atomic E-state index is -0.685. The second-order valence-corrected chi connectivity index (χ2v) is 4.89. The Balaban J connectivity index is 1.92. The van der Waals surface area contributed by atoms with E-state index in [1.165, 1.54) is 18.0 Å². The van der Waals surface area contributed by atoms with E-state index >= 15 is 0 Å². The van der Waals surface area contributed by atoms with Gasteiger partial charge < -0.3 is 11.1 Å². The Bertz CT molecular complexity index is 620. The molecule has 4 nitrogen and oxygen atoms in total. The van der Waals surface area contributed by atoms with E-state index in [0.717, 1.165) is 18.2 Å². The van der Waals surface area contributed by atoms with Crippen LogP contribution in [0.15, 0.2) is 41.6 Å². The number of nitrogens with zero attached hydrogens (tertiary/aromatic N) is 1. The molecule has 0 unspecified atom stereocenters. The van der Waals surface area contributed by atoms with Gasteiger partial charge in [-0.2, -0.15) is 0 Å². The first-order valence-corrected chi connectivity index (χ1v) is 6.62. The Labute approximate surface area is 118 Å². The number of halogens is 2. The van der Waals surface area contributed by atoms with Crippen molar-refractivity contribution in [2.45, 2.75) is 5.03 Å². The molecule has 0 fully saturated rings. The molecule has 1 heterocycles. The highest BCUT2D eigenvalue weighted by Crippen LogP contribution is 2.18. The molecule has 1 aromatic carbocycles. The van der Waals surface area contributed by atoms with Crippen LogP contribution in [-0.2, 0) is 4.79 Å².